The first-order valence-corrected chi connectivity index (χ1v) is 9.98. The van der Waals surface area contributed by atoms with Gasteiger partial charge in [0.05, 0.1) is 20.9 Å². The molecule has 3 rings (SSSR count). The highest BCUT2D eigenvalue weighted by atomic mass is 35.5. The van der Waals surface area contributed by atoms with Crippen molar-refractivity contribution in [3.63, 3.8) is 0 Å². The van der Waals surface area contributed by atoms with Gasteiger partial charge in [0.2, 0.25) is 10.0 Å². The molecule has 150 valence electrons. The lowest BCUT2D eigenvalue weighted by molar-refractivity contribution is -0.137. The van der Waals surface area contributed by atoms with Gasteiger partial charge in [0.1, 0.15) is 17.4 Å². The normalized spacial score (nSPS) is 14.8. The van der Waals surface area contributed by atoms with Crippen LogP contribution in [-0.2, 0) is 16.2 Å². The van der Waals surface area contributed by atoms with Crippen LogP contribution in [0.25, 0.3) is 5.69 Å². The molecule has 1 aliphatic carbocycles. The van der Waals surface area contributed by atoms with Crippen molar-refractivity contribution in [2.24, 2.45) is 0 Å². The van der Waals surface area contributed by atoms with E-state index >= 15 is 0 Å². The molecule has 0 atom stereocenters. The van der Waals surface area contributed by atoms with Crippen LogP contribution in [0.4, 0.5) is 24.7 Å². The number of benzene rings is 1. The van der Waals surface area contributed by atoms with Crippen molar-refractivity contribution < 1.29 is 21.6 Å². The third-order valence-electron chi connectivity index (χ3n) is 4.20. The minimum atomic E-state index is -4.68. The molecule has 0 saturated heterocycles. The summed E-state index contributed by atoms with van der Waals surface area (Å²) in [5.41, 5.74) is 4.19. The molecule has 13 heteroatoms. The zero-order valence-corrected chi connectivity index (χ0v) is 16.5. The largest absolute Gasteiger partial charge is 0.416 e. The molecular weight excluding hydrogens is 442 g/mol. The number of alkyl halides is 3. The van der Waals surface area contributed by atoms with Gasteiger partial charge in [0, 0.05) is 7.05 Å². The summed E-state index contributed by atoms with van der Waals surface area (Å²) in [6.45, 7) is 0. The standard InChI is InChI=1S/C15H12Cl2F3N5O2S/c1-24(28(26,27)8-2-3-8)13-11(6-21)23-25(14(13)22)12-9(16)4-7(5-10(12)17)15(18,19)20/h4-5,8H,2-3,22H2,1H3. The number of hydrogen-bond donors (Lipinski definition) is 1. The number of anilines is 2. The second-order valence-electron chi connectivity index (χ2n) is 6.10. The summed E-state index contributed by atoms with van der Waals surface area (Å²) in [7, 11) is -2.53. The highest BCUT2D eigenvalue weighted by Gasteiger charge is 2.41. The first kappa shape index (κ1) is 20.6. The number of halogens is 5. The highest BCUT2D eigenvalue weighted by molar-refractivity contribution is 7.93. The number of nitrogen functional groups attached to an aromatic ring is 1. The average Bonchev–Trinajstić information content (AvgIpc) is 3.39. The summed E-state index contributed by atoms with van der Waals surface area (Å²) >= 11 is 11.9. The van der Waals surface area contributed by atoms with Gasteiger partial charge in [0.25, 0.3) is 0 Å². The minimum absolute atomic E-state index is 0.193. The van der Waals surface area contributed by atoms with Gasteiger partial charge < -0.3 is 5.73 Å². The van der Waals surface area contributed by atoms with Gasteiger partial charge in [-0.05, 0) is 25.0 Å². The molecule has 0 bridgehead atoms. The van der Waals surface area contributed by atoms with Gasteiger partial charge in [-0.2, -0.15) is 23.5 Å². The Labute approximate surface area is 168 Å². The van der Waals surface area contributed by atoms with Crippen molar-refractivity contribution >= 4 is 44.7 Å². The maximum absolute atomic E-state index is 12.9. The maximum Gasteiger partial charge on any atom is 0.416 e. The third kappa shape index (κ3) is 3.36. The molecule has 0 aliphatic heterocycles. The molecule has 1 aromatic carbocycles. The lowest BCUT2D eigenvalue weighted by atomic mass is 10.2. The lowest BCUT2D eigenvalue weighted by Crippen LogP contribution is -2.30. The van der Waals surface area contributed by atoms with E-state index in [4.69, 9.17) is 28.9 Å². The van der Waals surface area contributed by atoms with E-state index in [1.54, 1.807) is 6.07 Å². The fourth-order valence-electron chi connectivity index (χ4n) is 2.63. The quantitative estimate of drug-likeness (QED) is 0.761. The first-order chi connectivity index (χ1) is 12.9. The summed E-state index contributed by atoms with van der Waals surface area (Å²) in [6.07, 6.45) is -3.71. The summed E-state index contributed by atoms with van der Waals surface area (Å²) in [6, 6.07) is 3.01. The van der Waals surface area contributed by atoms with Crippen LogP contribution in [0, 0.1) is 11.3 Å². The van der Waals surface area contributed by atoms with Gasteiger partial charge in [-0.15, -0.1) is 0 Å². The molecular formula is C15H12Cl2F3N5O2S. The van der Waals surface area contributed by atoms with Crippen LogP contribution in [-0.4, -0.2) is 30.5 Å². The minimum Gasteiger partial charge on any atom is -0.382 e. The molecule has 2 N–H and O–H groups in total. The van der Waals surface area contributed by atoms with Gasteiger partial charge in [-0.3, -0.25) is 4.31 Å². The van der Waals surface area contributed by atoms with E-state index in [2.05, 4.69) is 5.10 Å². The molecule has 28 heavy (non-hydrogen) atoms. The lowest BCUT2D eigenvalue weighted by Gasteiger charge is -2.19. The Bertz CT molecular complexity index is 1080. The number of sulfonamides is 1. The fraction of sp³-hybridized carbons (Fsp3) is 0.333. The molecule has 1 aliphatic rings. The molecule has 0 unspecified atom stereocenters. The van der Waals surface area contributed by atoms with E-state index in [0.717, 1.165) is 8.99 Å². The Balaban J connectivity index is 2.18. The fourth-order valence-corrected chi connectivity index (χ4v) is 4.89. The van der Waals surface area contributed by atoms with Crippen molar-refractivity contribution in [2.45, 2.75) is 24.3 Å². The van der Waals surface area contributed by atoms with E-state index in [-0.39, 0.29) is 22.9 Å². The molecule has 1 heterocycles. The van der Waals surface area contributed by atoms with Gasteiger partial charge >= 0.3 is 6.18 Å². The van der Waals surface area contributed by atoms with Crippen molar-refractivity contribution in [3.8, 4) is 11.8 Å². The molecule has 1 fully saturated rings. The highest BCUT2D eigenvalue weighted by Crippen LogP contribution is 2.41. The third-order valence-corrected chi connectivity index (χ3v) is 7.04. The second kappa shape index (κ2) is 6.72. The van der Waals surface area contributed by atoms with Gasteiger partial charge in [-0.1, -0.05) is 23.2 Å². The van der Waals surface area contributed by atoms with E-state index < -0.39 is 37.1 Å². The van der Waals surface area contributed by atoms with Crippen molar-refractivity contribution in [3.05, 3.63) is 33.4 Å². The summed E-state index contributed by atoms with van der Waals surface area (Å²) in [5.74, 6) is -0.299. The topological polar surface area (TPSA) is 105 Å². The van der Waals surface area contributed by atoms with E-state index in [9.17, 15) is 26.9 Å². The SMILES string of the molecule is CN(c1c(C#N)nn(-c2c(Cl)cc(C(F)(F)F)cc2Cl)c1N)S(=O)(=O)C1CC1. The predicted octanol–water partition coefficient (Wildman–Crippen LogP) is 3.58. The van der Waals surface area contributed by atoms with Crippen LogP contribution in [0.3, 0.4) is 0 Å². The summed E-state index contributed by atoms with van der Waals surface area (Å²) in [4.78, 5) is 0. The summed E-state index contributed by atoms with van der Waals surface area (Å²) < 4.78 is 65.5. The first-order valence-electron chi connectivity index (χ1n) is 7.72. The predicted molar refractivity (Wildman–Crippen MR) is 98.1 cm³/mol. The Morgan fingerprint density at radius 2 is 1.86 bits per heavy atom. The average molecular weight is 454 g/mol. The van der Waals surface area contributed by atoms with Crippen LogP contribution in [0.15, 0.2) is 12.1 Å². The number of aromatic nitrogens is 2. The Hall–Kier alpha value is -2.16. The number of nitrogens with zero attached hydrogens (tertiary/aromatic N) is 4. The van der Waals surface area contributed by atoms with Gasteiger partial charge in [-0.25, -0.2) is 13.1 Å². The maximum atomic E-state index is 12.9. The molecule has 2 aromatic rings. The van der Waals surface area contributed by atoms with E-state index in [1.165, 1.54) is 7.05 Å². The zero-order chi connectivity index (χ0) is 21.0. The smallest absolute Gasteiger partial charge is 0.382 e. The van der Waals surface area contributed by atoms with Crippen molar-refractivity contribution in [1.82, 2.24) is 9.78 Å². The van der Waals surface area contributed by atoms with Crippen molar-refractivity contribution in [2.75, 3.05) is 17.1 Å². The monoisotopic (exact) mass is 453 g/mol. The number of hydrogen-bond acceptors (Lipinski definition) is 5. The number of nitriles is 1. The van der Waals surface area contributed by atoms with Crippen LogP contribution in [0.2, 0.25) is 10.0 Å². The Morgan fingerprint density at radius 1 is 1.32 bits per heavy atom. The molecule has 1 aromatic heterocycles. The van der Waals surface area contributed by atoms with Crippen LogP contribution in [0.5, 0.6) is 0 Å². The molecule has 7 nitrogen and oxygen atoms in total. The van der Waals surface area contributed by atoms with Crippen LogP contribution in [0.1, 0.15) is 24.1 Å². The van der Waals surface area contributed by atoms with E-state index in [1.807, 2.05) is 0 Å². The molecule has 1 saturated carbocycles. The number of nitrogens with two attached hydrogens (primary N) is 1. The molecule has 0 spiro atoms. The Morgan fingerprint density at radius 3 is 2.29 bits per heavy atom. The van der Waals surface area contributed by atoms with Gasteiger partial charge in [0.15, 0.2) is 11.5 Å². The Kier molecular flexibility index (Phi) is 4.94. The van der Waals surface area contributed by atoms with E-state index in [0.29, 0.717) is 25.0 Å². The van der Waals surface area contributed by atoms with Crippen LogP contribution < -0.4 is 10.0 Å². The molecule has 0 radical (unpaired) electrons. The van der Waals surface area contributed by atoms with Crippen molar-refractivity contribution in [1.29, 1.82) is 5.26 Å². The molecule has 0 amide bonds. The van der Waals surface area contributed by atoms with Crippen LogP contribution >= 0.6 is 23.2 Å². The summed E-state index contributed by atoms with van der Waals surface area (Å²) in [5, 5.41) is 11.8. The zero-order valence-electron chi connectivity index (χ0n) is 14.1. The second-order valence-corrected chi connectivity index (χ2v) is 9.16. The number of rotatable bonds is 4.